The first-order valence-electron chi connectivity index (χ1n) is 8.38. The second-order valence-corrected chi connectivity index (χ2v) is 5.95. The molecule has 0 bridgehead atoms. The second-order valence-electron chi connectivity index (χ2n) is 5.95. The van der Waals surface area contributed by atoms with Gasteiger partial charge >= 0.3 is 0 Å². The molecule has 0 unspecified atom stereocenters. The zero-order valence-electron chi connectivity index (χ0n) is 13.8. The fraction of sp³-hybridized carbons (Fsp3) is 0.500. The number of benzene rings is 1. The van der Waals surface area contributed by atoms with Gasteiger partial charge in [-0.05, 0) is 37.4 Å². The molecule has 0 aliphatic carbocycles. The fourth-order valence-electron chi connectivity index (χ4n) is 2.80. The predicted octanol–water partition coefficient (Wildman–Crippen LogP) is 2.69. The van der Waals surface area contributed by atoms with E-state index in [-0.39, 0.29) is 0 Å². The van der Waals surface area contributed by atoms with Crippen LogP contribution in [0.2, 0.25) is 0 Å². The van der Waals surface area contributed by atoms with Gasteiger partial charge in [-0.1, -0.05) is 12.1 Å². The molecule has 0 spiro atoms. The number of hydrogen-bond acceptors (Lipinski definition) is 4. The van der Waals surface area contributed by atoms with Crippen molar-refractivity contribution in [2.75, 3.05) is 19.8 Å². The molecule has 1 aromatic heterocycles. The fourth-order valence-corrected chi connectivity index (χ4v) is 2.80. The van der Waals surface area contributed by atoms with Gasteiger partial charge in [-0.25, -0.2) is 0 Å². The average molecular weight is 315 g/mol. The predicted molar refractivity (Wildman–Crippen MR) is 89.9 cm³/mol. The highest BCUT2D eigenvalue weighted by atomic mass is 16.5. The van der Waals surface area contributed by atoms with Crippen LogP contribution in [0.5, 0.6) is 11.5 Å². The highest BCUT2D eigenvalue weighted by molar-refractivity contribution is 5.47. The molecule has 1 aliphatic rings. The number of nitrogens with zero attached hydrogens (tertiary/aromatic N) is 2. The van der Waals surface area contributed by atoms with Crippen LogP contribution in [-0.2, 0) is 20.0 Å². The summed E-state index contributed by atoms with van der Waals surface area (Å²) in [6, 6.07) is 6.13. The molecule has 0 saturated carbocycles. The van der Waals surface area contributed by atoms with Crippen molar-refractivity contribution >= 4 is 0 Å². The van der Waals surface area contributed by atoms with E-state index in [2.05, 4.69) is 22.7 Å². The van der Waals surface area contributed by atoms with Gasteiger partial charge in [-0.15, -0.1) is 0 Å². The Morgan fingerprint density at radius 3 is 3.00 bits per heavy atom. The lowest BCUT2D eigenvalue weighted by molar-refractivity contribution is 0.296. The summed E-state index contributed by atoms with van der Waals surface area (Å²) < 4.78 is 13.4. The molecule has 0 atom stereocenters. The SMILES string of the molecule is Cn1cc(CCCCNCc2cccc3c2OCCCO3)cn1. The van der Waals surface area contributed by atoms with Crippen LogP contribution in [0.25, 0.3) is 0 Å². The Labute approximate surface area is 137 Å². The van der Waals surface area contributed by atoms with Crippen molar-refractivity contribution < 1.29 is 9.47 Å². The number of rotatable bonds is 7. The molecule has 1 aliphatic heterocycles. The van der Waals surface area contributed by atoms with Crippen molar-refractivity contribution in [3.05, 3.63) is 41.7 Å². The molecule has 2 heterocycles. The van der Waals surface area contributed by atoms with Gasteiger partial charge in [-0.3, -0.25) is 4.68 Å². The normalized spacial score (nSPS) is 13.8. The van der Waals surface area contributed by atoms with E-state index in [1.807, 2.05) is 30.1 Å². The third-order valence-corrected chi connectivity index (χ3v) is 4.00. The number of aryl methyl sites for hydroxylation is 2. The Balaban J connectivity index is 1.40. The summed E-state index contributed by atoms with van der Waals surface area (Å²) in [4.78, 5) is 0. The van der Waals surface area contributed by atoms with E-state index in [1.165, 1.54) is 17.5 Å². The van der Waals surface area contributed by atoms with Crippen LogP contribution in [0, 0.1) is 0 Å². The number of hydrogen-bond donors (Lipinski definition) is 1. The minimum atomic E-state index is 0.731. The van der Waals surface area contributed by atoms with Gasteiger partial charge in [-0.2, -0.15) is 5.10 Å². The number of fused-ring (bicyclic) bond motifs is 1. The van der Waals surface area contributed by atoms with Crippen LogP contribution in [0.4, 0.5) is 0 Å². The molecule has 23 heavy (non-hydrogen) atoms. The number of unbranched alkanes of at least 4 members (excludes halogenated alkanes) is 1. The summed E-state index contributed by atoms with van der Waals surface area (Å²) in [6.07, 6.45) is 8.39. The molecule has 124 valence electrons. The molecule has 0 saturated heterocycles. The van der Waals surface area contributed by atoms with Crippen molar-refractivity contribution in [1.29, 1.82) is 0 Å². The minimum Gasteiger partial charge on any atom is -0.490 e. The Hall–Kier alpha value is -2.01. The van der Waals surface area contributed by atoms with Gasteiger partial charge in [0.05, 0.1) is 19.4 Å². The Morgan fingerprint density at radius 2 is 2.13 bits per heavy atom. The number of aromatic nitrogens is 2. The van der Waals surface area contributed by atoms with Crippen molar-refractivity contribution in [1.82, 2.24) is 15.1 Å². The van der Waals surface area contributed by atoms with E-state index in [1.54, 1.807) is 0 Å². The van der Waals surface area contributed by atoms with E-state index in [0.29, 0.717) is 0 Å². The van der Waals surface area contributed by atoms with Gasteiger partial charge < -0.3 is 14.8 Å². The highest BCUT2D eigenvalue weighted by Crippen LogP contribution is 2.33. The van der Waals surface area contributed by atoms with Crippen LogP contribution in [0.3, 0.4) is 0 Å². The minimum absolute atomic E-state index is 0.731. The maximum Gasteiger partial charge on any atom is 0.165 e. The molecular formula is C18H25N3O2. The van der Waals surface area contributed by atoms with E-state index < -0.39 is 0 Å². The summed E-state index contributed by atoms with van der Waals surface area (Å²) in [5.41, 5.74) is 2.49. The summed E-state index contributed by atoms with van der Waals surface area (Å²) in [5.74, 6) is 1.78. The molecule has 0 amide bonds. The van der Waals surface area contributed by atoms with Gasteiger partial charge in [0.15, 0.2) is 11.5 Å². The van der Waals surface area contributed by atoms with E-state index >= 15 is 0 Å². The maximum absolute atomic E-state index is 5.84. The van der Waals surface area contributed by atoms with Gasteiger partial charge in [0.1, 0.15) is 0 Å². The van der Waals surface area contributed by atoms with Gasteiger partial charge in [0.25, 0.3) is 0 Å². The van der Waals surface area contributed by atoms with Crippen LogP contribution in [-0.4, -0.2) is 29.5 Å². The molecule has 1 aromatic carbocycles. The van der Waals surface area contributed by atoms with Crippen LogP contribution < -0.4 is 14.8 Å². The lowest BCUT2D eigenvalue weighted by Gasteiger charge is -2.13. The number of nitrogens with one attached hydrogen (secondary N) is 1. The monoisotopic (exact) mass is 315 g/mol. The maximum atomic E-state index is 5.84. The molecule has 0 fully saturated rings. The van der Waals surface area contributed by atoms with Crippen molar-refractivity contribution in [3.8, 4) is 11.5 Å². The first-order valence-corrected chi connectivity index (χ1v) is 8.38. The van der Waals surface area contributed by atoms with Gasteiger partial charge in [0, 0.05) is 31.8 Å². The molecular weight excluding hydrogens is 290 g/mol. The van der Waals surface area contributed by atoms with E-state index in [9.17, 15) is 0 Å². The Kier molecular flexibility index (Phi) is 5.53. The zero-order chi connectivity index (χ0) is 15.9. The molecule has 5 nitrogen and oxygen atoms in total. The molecule has 1 N–H and O–H groups in total. The van der Waals surface area contributed by atoms with E-state index in [4.69, 9.17) is 9.47 Å². The lowest BCUT2D eigenvalue weighted by Crippen LogP contribution is -2.15. The molecule has 3 rings (SSSR count). The smallest absolute Gasteiger partial charge is 0.165 e. The summed E-state index contributed by atoms with van der Waals surface area (Å²) in [5, 5.41) is 7.70. The zero-order valence-corrected chi connectivity index (χ0v) is 13.8. The van der Waals surface area contributed by atoms with Crippen LogP contribution in [0.1, 0.15) is 30.4 Å². The van der Waals surface area contributed by atoms with Crippen molar-refractivity contribution in [2.24, 2.45) is 7.05 Å². The number of para-hydroxylation sites is 1. The highest BCUT2D eigenvalue weighted by Gasteiger charge is 2.13. The van der Waals surface area contributed by atoms with Crippen LogP contribution >= 0.6 is 0 Å². The van der Waals surface area contributed by atoms with Crippen molar-refractivity contribution in [3.63, 3.8) is 0 Å². The average Bonchev–Trinajstić information content (AvgIpc) is 2.83. The van der Waals surface area contributed by atoms with Crippen LogP contribution in [0.15, 0.2) is 30.6 Å². The first kappa shape index (κ1) is 15.9. The standard InChI is InChI=1S/C18H25N3O2/c1-21-14-15(12-20-21)6-2-3-9-19-13-16-7-4-8-17-18(16)23-11-5-10-22-17/h4,7-8,12,14,19H,2-3,5-6,9-11,13H2,1H3. The summed E-state index contributed by atoms with van der Waals surface area (Å²) in [6.45, 7) is 3.29. The Bertz CT molecular complexity index is 624. The topological polar surface area (TPSA) is 48.3 Å². The number of ether oxygens (including phenoxy) is 2. The molecule has 0 radical (unpaired) electrons. The van der Waals surface area contributed by atoms with Crippen molar-refractivity contribution in [2.45, 2.75) is 32.2 Å². The molecule has 5 heteroatoms. The summed E-state index contributed by atoms with van der Waals surface area (Å²) >= 11 is 0. The third-order valence-electron chi connectivity index (χ3n) is 4.00. The van der Waals surface area contributed by atoms with Gasteiger partial charge in [0.2, 0.25) is 0 Å². The summed E-state index contributed by atoms with van der Waals surface area (Å²) in [7, 11) is 1.96. The Morgan fingerprint density at radius 1 is 1.22 bits per heavy atom. The third kappa shape index (κ3) is 4.48. The largest absolute Gasteiger partial charge is 0.490 e. The second kappa shape index (κ2) is 8.02. The first-order chi connectivity index (χ1) is 11.3. The molecule has 2 aromatic rings. The quantitative estimate of drug-likeness (QED) is 0.798. The van der Waals surface area contributed by atoms with E-state index in [0.717, 1.165) is 57.1 Å². The lowest BCUT2D eigenvalue weighted by atomic mass is 10.1.